The molecular weight excluding hydrogens is 256 g/mol. The molecule has 0 aromatic heterocycles. The van der Waals surface area contributed by atoms with Crippen LogP contribution in [0.2, 0.25) is 0 Å². The molecule has 2 rings (SSSR count). The molecule has 1 aliphatic heterocycles. The summed E-state index contributed by atoms with van der Waals surface area (Å²) in [4.78, 5) is 24.8. The van der Waals surface area contributed by atoms with E-state index in [2.05, 4.69) is 10.2 Å². The Balaban J connectivity index is 2.02. The fourth-order valence-electron chi connectivity index (χ4n) is 2.27. The number of benzene rings is 1. The molecule has 106 valence electrons. The Kier molecular flexibility index (Phi) is 4.53. The van der Waals surface area contributed by atoms with Crippen molar-refractivity contribution in [1.29, 1.82) is 0 Å². The summed E-state index contributed by atoms with van der Waals surface area (Å²) < 4.78 is 0. The molecule has 1 aromatic rings. The minimum atomic E-state index is -1.01. The van der Waals surface area contributed by atoms with Crippen LogP contribution in [-0.4, -0.2) is 48.1 Å². The summed E-state index contributed by atoms with van der Waals surface area (Å²) in [6.07, 6.45) is 3.49. The van der Waals surface area contributed by atoms with Gasteiger partial charge in [-0.1, -0.05) is 12.1 Å². The smallest absolute Gasteiger partial charge is 0.328 e. The lowest BCUT2D eigenvalue weighted by Gasteiger charge is -2.13. The van der Waals surface area contributed by atoms with Gasteiger partial charge in [0, 0.05) is 24.2 Å². The molecule has 1 amide bonds. The van der Waals surface area contributed by atoms with Crippen molar-refractivity contribution in [1.82, 2.24) is 10.2 Å². The number of nitrogens with zero attached hydrogens (tertiary/aromatic N) is 1. The van der Waals surface area contributed by atoms with Crippen LogP contribution in [0.3, 0.4) is 0 Å². The van der Waals surface area contributed by atoms with Crippen molar-refractivity contribution in [2.24, 2.45) is 0 Å². The van der Waals surface area contributed by atoms with Gasteiger partial charge in [-0.05, 0) is 43.8 Å². The number of likely N-dealkylation sites (N-methyl/N-ethyl adjacent to an activating group) is 1. The second-order valence-corrected chi connectivity index (χ2v) is 5.02. The standard InChI is InChI=1S/C15H18N2O3/c1-17-8-7-13(10-17)16-15(20)12-4-2-3-11(9-12)5-6-14(18)19/h2-6,9,13H,7-8,10H2,1H3,(H,16,20)(H,18,19). The Morgan fingerprint density at radius 1 is 1.45 bits per heavy atom. The van der Waals surface area contributed by atoms with Crippen LogP contribution < -0.4 is 5.32 Å². The van der Waals surface area contributed by atoms with Crippen LogP contribution in [0.1, 0.15) is 22.3 Å². The molecule has 20 heavy (non-hydrogen) atoms. The molecule has 1 fully saturated rings. The van der Waals surface area contributed by atoms with Gasteiger partial charge in [0.1, 0.15) is 0 Å². The molecule has 0 radical (unpaired) electrons. The zero-order valence-corrected chi connectivity index (χ0v) is 11.4. The Morgan fingerprint density at radius 2 is 2.25 bits per heavy atom. The van der Waals surface area contributed by atoms with Crippen molar-refractivity contribution >= 4 is 18.0 Å². The zero-order valence-electron chi connectivity index (χ0n) is 11.4. The number of carboxylic acids is 1. The predicted molar refractivity (Wildman–Crippen MR) is 76.5 cm³/mol. The molecule has 0 bridgehead atoms. The first-order chi connectivity index (χ1) is 9.54. The minimum Gasteiger partial charge on any atom is -0.478 e. The average molecular weight is 274 g/mol. The van der Waals surface area contributed by atoms with Crippen molar-refractivity contribution in [3.8, 4) is 0 Å². The third-order valence-corrected chi connectivity index (χ3v) is 3.29. The molecule has 1 aliphatic rings. The van der Waals surface area contributed by atoms with Gasteiger partial charge in [-0.3, -0.25) is 4.79 Å². The Labute approximate surface area is 117 Å². The monoisotopic (exact) mass is 274 g/mol. The number of carboxylic acid groups (broad SMARTS) is 1. The predicted octanol–water partition coefficient (Wildman–Crippen LogP) is 1.22. The Morgan fingerprint density at radius 3 is 2.90 bits per heavy atom. The van der Waals surface area contributed by atoms with Crippen molar-refractivity contribution in [3.63, 3.8) is 0 Å². The SMILES string of the molecule is CN1CCC(NC(=O)c2cccc(C=CC(=O)O)c2)C1. The van der Waals surface area contributed by atoms with Gasteiger partial charge >= 0.3 is 5.97 Å². The lowest BCUT2D eigenvalue weighted by atomic mass is 10.1. The highest BCUT2D eigenvalue weighted by Gasteiger charge is 2.21. The van der Waals surface area contributed by atoms with Gasteiger partial charge in [0.25, 0.3) is 5.91 Å². The lowest BCUT2D eigenvalue weighted by Crippen LogP contribution is -2.36. The average Bonchev–Trinajstić information content (AvgIpc) is 2.82. The molecule has 1 heterocycles. The van der Waals surface area contributed by atoms with Gasteiger partial charge in [-0.15, -0.1) is 0 Å². The number of carbonyl (C=O) groups is 2. The Hall–Kier alpha value is -2.14. The maximum atomic E-state index is 12.1. The minimum absolute atomic E-state index is 0.115. The second kappa shape index (κ2) is 6.34. The molecule has 0 spiro atoms. The van der Waals surface area contributed by atoms with Crippen molar-refractivity contribution in [2.75, 3.05) is 20.1 Å². The fraction of sp³-hybridized carbons (Fsp3) is 0.333. The molecule has 5 nitrogen and oxygen atoms in total. The van der Waals surface area contributed by atoms with E-state index in [0.29, 0.717) is 11.1 Å². The number of likely N-dealkylation sites (tertiary alicyclic amines) is 1. The molecule has 1 unspecified atom stereocenters. The van der Waals surface area contributed by atoms with E-state index in [9.17, 15) is 9.59 Å². The molecule has 0 aliphatic carbocycles. The number of aliphatic carboxylic acids is 1. The summed E-state index contributed by atoms with van der Waals surface area (Å²) >= 11 is 0. The van der Waals surface area contributed by atoms with Crippen molar-refractivity contribution in [2.45, 2.75) is 12.5 Å². The van der Waals surface area contributed by atoms with Gasteiger partial charge < -0.3 is 15.3 Å². The van der Waals surface area contributed by atoms with Crippen molar-refractivity contribution in [3.05, 3.63) is 41.5 Å². The van der Waals surface area contributed by atoms with E-state index >= 15 is 0 Å². The van der Waals surface area contributed by atoms with Crippen LogP contribution in [0.25, 0.3) is 6.08 Å². The normalized spacial score (nSPS) is 19.4. The van der Waals surface area contributed by atoms with E-state index in [1.54, 1.807) is 24.3 Å². The Bertz CT molecular complexity index is 540. The van der Waals surface area contributed by atoms with E-state index in [4.69, 9.17) is 5.11 Å². The number of amides is 1. The molecule has 5 heteroatoms. The summed E-state index contributed by atoms with van der Waals surface area (Å²) in [6, 6.07) is 7.11. The van der Waals surface area contributed by atoms with Crippen LogP contribution in [0.15, 0.2) is 30.3 Å². The van der Waals surface area contributed by atoms with E-state index in [0.717, 1.165) is 25.6 Å². The number of nitrogens with one attached hydrogen (secondary N) is 1. The quantitative estimate of drug-likeness (QED) is 0.810. The van der Waals surface area contributed by atoms with Gasteiger partial charge in [0.2, 0.25) is 0 Å². The van der Waals surface area contributed by atoms with Gasteiger partial charge in [0.15, 0.2) is 0 Å². The van der Waals surface area contributed by atoms with E-state index in [-0.39, 0.29) is 11.9 Å². The summed E-state index contributed by atoms with van der Waals surface area (Å²) in [5, 5.41) is 11.6. The van der Waals surface area contributed by atoms with E-state index in [1.807, 2.05) is 7.05 Å². The topological polar surface area (TPSA) is 69.6 Å². The van der Waals surface area contributed by atoms with E-state index < -0.39 is 5.97 Å². The summed E-state index contributed by atoms with van der Waals surface area (Å²) in [6.45, 7) is 1.86. The zero-order chi connectivity index (χ0) is 14.5. The molecule has 1 aromatic carbocycles. The largest absolute Gasteiger partial charge is 0.478 e. The fourth-order valence-corrected chi connectivity index (χ4v) is 2.27. The van der Waals surface area contributed by atoms with Gasteiger partial charge in [-0.2, -0.15) is 0 Å². The van der Waals surface area contributed by atoms with Gasteiger partial charge in [0.05, 0.1) is 0 Å². The second-order valence-electron chi connectivity index (χ2n) is 5.02. The highest BCUT2D eigenvalue weighted by Crippen LogP contribution is 2.10. The highest BCUT2D eigenvalue weighted by atomic mass is 16.4. The number of rotatable bonds is 4. The third-order valence-electron chi connectivity index (χ3n) is 3.29. The first-order valence-electron chi connectivity index (χ1n) is 6.55. The molecule has 0 saturated carbocycles. The van der Waals surface area contributed by atoms with Crippen LogP contribution in [0.4, 0.5) is 0 Å². The first kappa shape index (κ1) is 14.3. The highest BCUT2D eigenvalue weighted by molar-refractivity contribution is 5.95. The molecule has 2 N–H and O–H groups in total. The molecule has 1 saturated heterocycles. The van der Waals surface area contributed by atoms with Crippen LogP contribution >= 0.6 is 0 Å². The first-order valence-corrected chi connectivity index (χ1v) is 6.55. The van der Waals surface area contributed by atoms with Crippen LogP contribution in [0, 0.1) is 0 Å². The summed E-state index contributed by atoms with van der Waals surface area (Å²) in [7, 11) is 2.03. The van der Waals surface area contributed by atoms with Gasteiger partial charge in [-0.25, -0.2) is 4.79 Å². The number of hydrogen-bond acceptors (Lipinski definition) is 3. The maximum absolute atomic E-state index is 12.1. The number of carbonyl (C=O) groups excluding carboxylic acids is 1. The summed E-state index contributed by atoms with van der Waals surface area (Å²) in [5.74, 6) is -1.12. The molecular formula is C15H18N2O3. The van der Waals surface area contributed by atoms with E-state index in [1.165, 1.54) is 6.08 Å². The van der Waals surface area contributed by atoms with Crippen LogP contribution in [0.5, 0.6) is 0 Å². The van der Waals surface area contributed by atoms with Crippen LogP contribution in [-0.2, 0) is 4.79 Å². The summed E-state index contributed by atoms with van der Waals surface area (Å²) in [5.41, 5.74) is 1.25. The maximum Gasteiger partial charge on any atom is 0.328 e. The number of hydrogen-bond donors (Lipinski definition) is 2. The molecule has 1 atom stereocenters. The lowest BCUT2D eigenvalue weighted by molar-refractivity contribution is -0.131. The third kappa shape index (κ3) is 3.93. The van der Waals surface area contributed by atoms with Crippen molar-refractivity contribution < 1.29 is 14.7 Å².